The van der Waals surface area contributed by atoms with E-state index in [1.165, 1.54) is 12.1 Å². The lowest BCUT2D eigenvalue weighted by Crippen LogP contribution is -2.19. The molecule has 0 spiro atoms. The van der Waals surface area contributed by atoms with E-state index in [9.17, 15) is 0 Å². The van der Waals surface area contributed by atoms with Crippen LogP contribution in [-0.4, -0.2) is 11.8 Å². The van der Waals surface area contributed by atoms with Crippen molar-refractivity contribution in [3.8, 4) is 0 Å². The molecule has 1 aliphatic carbocycles. The third-order valence-corrected chi connectivity index (χ3v) is 3.45. The van der Waals surface area contributed by atoms with Crippen LogP contribution in [0.2, 0.25) is 0 Å². The van der Waals surface area contributed by atoms with Gasteiger partial charge >= 0.3 is 0 Å². The van der Waals surface area contributed by atoms with Crippen LogP contribution in [0.3, 0.4) is 0 Å². The Hall–Kier alpha value is -0.370. The molecule has 11 heavy (non-hydrogen) atoms. The molecule has 1 heterocycles. The van der Waals surface area contributed by atoms with Crippen LogP contribution in [0.1, 0.15) is 13.3 Å². The van der Waals surface area contributed by atoms with Crippen molar-refractivity contribution in [2.24, 2.45) is 5.92 Å². The molecule has 0 fully saturated rings. The molecule has 0 saturated heterocycles. The SMILES string of the molecule is CCNC1=CSC2CC=CC12. The first-order valence-electron chi connectivity index (χ1n) is 4.18. The van der Waals surface area contributed by atoms with E-state index in [1.54, 1.807) is 0 Å². The van der Waals surface area contributed by atoms with Crippen molar-refractivity contribution in [3.05, 3.63) is 23.3 Å². The van der Waals surface area contributed by atoms with E-state index < -0.39 is 0 Å². The molecule has 2 heteroatoms. The summed E-state index contributed by atoms with van der Waals surface area (Å²) in [4.78, 5) is 0. The van der Waals surface area contributed by atoms with Gasteiger partial charge in [0.1, 0.15) is 0 Å². The zero-order chi connectivity index (χ0) is 7.68. The van der Waals surface area contributed by atoms with Crippen LogP contribution in [0, 0.1) is 5.92 Å². The molecule has 2 rings (SSSR count). The molecule has 0 radical (unpaired) electrons. The minimum Gasteiger partial charge on any atom is -0.388 e. The molecule has 1 nitrogen and oxygen atoms in total. The second-order valence-electron chi connectivity index (χ2n) is 2.97. The summed E-state index contributed by atoms with van der Waals surface area (Å²) in [5, 5.41) is 6.49. The van der Waals surface area contributed by atoms with Crippen LogP contribution in [0.15, 0.2) is 23.3 Å². The van der Waals surface area contributed by atoms with Crippen molar-refractivity contribution in [1.82, 2.24) is 5.32 Å². The average molecular weight is 167 g/mol. The topological polar surface area (TPSA) is 12.0 Å². The fraction of sp³-hybridized carbons (Fsp3) is 0.556. The first kappa shape index (κ1) is 7.29. The molecule has 1 aliphatic heterocycles. The third kappa shape index (κ3) is 1.20. The van der Waals surface area contributed by atoms with Gasteiger partial charge in [-0.1, -0.05) is 12.2 Å². The zero-order valence-electron chi connectivity index (χ0n) is 6.71. The molecular weight excluding hydrogens is 154 g/mol. The van der Waals surface area contributed by atoms with Gasteiger partial charge in [0, 0.05) is 23.4 Å². The van der Waals surface area contributed by atoms with E-state index >= 15 is 0 Å². The second-order valence-corrected chi connectivity index (χ2v) is 4.08. The Morgan fingerprint density at radius 2 is 2.64 bits per heavy atom. The van der Waals surface area contributed by atoms with Gasteiger partial charge in [0.25, 0.3) is 0 Å². The Morgan fingerprint density at radius 3 is 3.45 bits per heavy atom. The molecule has 2 atom stereocenters. The molecule has 0 bridgehead atoms. The summed E-state index contributed by atoms with van der Waals surface area (Å²) in [6.45, 7) is 3.20. The molecule has 0 aromatic rings. The van der Waals surface area contributed by atoms with Gasteiger partial charge in [0.15, 0.2) is 0 Å². The predicted molar refractivity (Wildman–Crippen MR) is 50.4 cm³/mol. The van der Waals surface area contributed by atoms with Gasteiger partial charge in [-0.2, -0.15) is 0 Å². The van der Waals surface area contributed by atoms with Gasteiger partial charge in [-0.15, -0.1) is 11.8 Å². The van der Waals surface area contributed by atoms with Crippen molar-refractivity contribution in [2.45, 2.75) is 18.6 Å². The Morgan fingerprint density at radius 1 is 1.73 bits per heavy atom. The number of nitrogens with one attached hydrogen (secondary N) is 1. The largest absolute Gasteiger partial charge is 0.388 e. The highest BCUT2D eigenvalue weighted by Crippen LogP contribution is 2.40. The lowest BCUT2D eigenvalue weighted by molar-refractivity contribution is 0.680. The molecule has 0 amide bonds. The highest BCUT2D eigenvalue weighted by atomic mass is 32.2. The average Bonchev–Trinajstić information content (AvgIpc) is 2.53. The van der Waals surface area contributed by atoms with E-state index in [1.807, 2.05) is 11.8 Å². The summed E-state index contributed by atoms with van der Waals surface area (Å²) in [6, 6.07) is 0. The first-order chi connectivity index (χ1) is 5.42. The predicted octanol–water partition coefficient (Wildman–Crippen LogP) is 2.13. The molecule has 1 N–H and O–H groups in total. The molecule has 0 aromatic heterocycles. The zero-order valence-corrected chi connectivity index (χ0v) is 7.53. The van der Waals surface area contributed by atoms with E-state index in [2.05, 4.69) is 29.8 Å². The number of allylic oxidation sites excluding steroid dienone is 2. The lowest BCUT2D eigenvalue weighted by atomic mass is 10.1. The molecule has 2 aliphatic rings. The summed E-state index contributed by atoms with van der Waals surface area (Å²) in [7, 11) is 0. The highest BCUT2D eigenvalue weighted by Gasteiger charge is 2.30. The highest BCUT2D eigenvalue weighted by molar-refractivity contribution is 8.03. The van der Waals surface area contributed by atoms with Crippen LogP contribution < -0.4 is 5.32 Å². The van der Waals surface area contributed by atoms with Crippen molar-refractivity contribution in [1.29, 1.82) is 0 Å². The molecule has 60 valence electrons. The molecular formula is C9H13NS. The Balaban J connectivity index is 2.05. The first-order valence-corrected chi connectivity index (χ1v) is 5.12. The second kappa shape index (κ2) is 2.94. The molecule has 0 aromatic carbocycles. The maximum Gasteiger partial charge on any atom is 0.0297 e. The minimum atomic E-state index is 0.694. The smallest absolute Gasteiger partial charge is 0.0297 e. The van der Waals surface area contributed by atoms with Crippen molar-refractivity contribution in [2.75, 3.05) is 6.54 Å². The number of fused-ring (bicyclic) bond motifs is 1. The van der Waals surface area contributed by atoms with Crippen LogP contribution >= 0.6 is 11.8 Å². The quantitative estimate of drug-likeness (QED) is 0.632. The van der Waals surface area contributed by atoms with E-state index in [0.717, 1.165) is 11.8 Å². The number of hydrogen-bond donors (Lipinski definition) is 1. The summed E-state index contributed by atoms with van der Waals surface area (Å²) < 4.78 is 0. The van der Waals surface area contributed by atoms with Crippen LogP contribution in [0.25, 0.3) is 0 Å². The van der Waals surface area contributed by atoms with Crippen LogP contribution in [0.4, 0.5) is 0 Å². The number of hydrogen-bond acceptors (Lipinski definition) is 2. The maximum absolute atomic E-state index is 3.40. The van der Waals surface area contributed by atoms with Crippen molar-refractivity contribution in [3.63, 3.8) is 0 Å². The summed E-state index contributed by atoms with van der Waals surface area (Å²) in [6.07, 6.45) is 5.88. The molecule has 2 unspecified atom stereocenters. The van der Waals surface area contributed by atoms with Crippen molar-refractivity contribution < 1.29 is 0 Å². The fourth-order valence-corrected chi connectivity index (χ4v) is 2.87. The van der Waals surface area contributed by atoms with E-state index in [0.29, 0.717) is 5.92 Å². The van der Waals surface area contributed by atoms with Gasteiger partial charge in [-0.05, 0) is 18.8 Å². The van der Waals surface area contributed by atoms with Gasteiger partial charge in [-0.3, -0.25) is 0 Å². The number of thioether (sulfide) groups is 1. The maximum atomic E-state index is 3.40. The third-order valence-electron chi connectivity index (χ3n) is 2.22. The van der Waals surface area contributed by atoms with Gasteiger partial charge < -0.3 is 5.32 Å². The lowest BCUT2D eigenvalue weighted by Gasteiger charge is -2.12. The Labute approximate surface area is 71.9 Å². The van der Waals surface area contributed by atoms with Crippen molar-refractivity contribution >= 4 is 11.8 Å². The monoisotopic (exact) mass is 167 g/mol. The van der Waals surface area contributed by atoms with E-state index in [-0.39, 0.29) is 0 Å². The summed E-state index contributed by atoms with van der Waals surface area (Å²) in [5.41, 5.74) is 1.43. The molecule has 0 saturated carbocycles. The van der Waals surface area contributed by atoms with Crippen LogP contribution in [0.5, 0.6) is 0 Å². The summed E-state index contributed by atoms with van der Waals surface area (Å²) in [5.74, 6) is 0.694. The summed E-state index contributed by atoms with van der Waals surface area (Å²) >= 11 is 1.97. The van der Waals surface area contributed by atoms with Gasteiger partial charge in [0.2, 0.25) is 0 Å². The minimum absolute atomic E-state index is 0.694. The van der Waals surface area contributed by atoms with E-state index in [4.69, 9.17) is 0 Å². The number of rotatable bonds is 2. The Bertz CT molecular complexity index is 208. The van der Waals surface area contributed by atoms with Gasteiger partial charge in [0.05, 0.1) is 0 Å². The van der Waals surface area contributed by atoms with Gasteiger partial charge in [-0.25, -0.2) is 0 Å². The Kier molecular flexibility index (Phi) is 1.95. The van der Waals surface area contributed by atoms with Crippen LogP contribution in [-0.2, 0) is 0 Å². The fourth-order valence-electron chi connectivity index (χ4n) is 1.68. The standard InChI is InChI=1S/C9H13NS/c1-2-10-8-6-11-9-5-3-4-7(8)9/h3-4,6-7,9-10H,2,5H2,1H3. The normalized spacial score (nSPS) is 33.7.